The summed E-state index contributed by atoms with van der Waals surface area (Å²) in [6, 6.07) is 1.67. The number of nitrogens with zero attached hydrogens (tertiary/aromatic N) is 3. The highest BCUT2D eigenvalue weighted by molar-refractivity contribution is 5.92. The molecule has 0 spiro atoms. The quantitative estimate of drug-likeness (QED) is 0.682. The number of nitrogen functional groups attached to an aromatic ring is 1. The van der Waals surface area contributed by atoms with E-state index in [-0.39, 0.29) is 24.1 Å². The number of nitrogens with one attached hydrogen (secondary N) is 1. The molecule has 0 aromatic carbocycles. The molecule has 0 radical (unpaired) electrons. The zero-order valence-corrected chi connectivity index (χ0v) is 14.7. The Labute approximate surface area is 143 Å². The Morgan fingerprint density at radius 3 is 2.71 bits per heavy atom. The average Bonchev–Trinajstić information content (AvgIpc) is 2.52. The number of carbonyl (C=O) groups is 1. The molecule has 2 heterocycles. The second-order valence-electron chi connectivity index (χ2n) is 6.93. The van der Waals surface area contributed by atoms with Gasteiger partial charge in [0.25, 0.3) is 5.91 Å². The van der Waals surface area contributed by atoms with Crippen molar-refractivity contribution in [1.29, 1.82) is 0 Å². The van der Waals surface area contributed by atoms with Gasteiger partial charge in [-0.15, -0.1) is 0 Å². The van der Waals surface area contributed by atoms with E-state index in [0.717, 1.165) is 25.2 Å². The van der Waals surface area contributed by atoms with Crippen molar-refractivity contribution in [1.82, 2.24) is 20.2 Å². The number of hydrogen-bond donors (Lipinski definition) is 3. The first-order valence-electron chi connectivity index (χ1n) is 8.76. The summed E-state index contributed by atoms with van der Waals surface area (Å²) < 4.78 is 0. The number of β-amino-alcohol motifs (C(OH)–C–C–N with tert-alkyl or cyclic N) is 1. The van der Waals surface area contributed by atoms with Crippen molar-refractivity contribution in [3.8, 4) is 0 Å². The van der Waals surface area contributed by atoms with E-state index in [0.29, 0.717) is 12.5 Å². The minimum atomic E-state index is -0.582. The van der Waals surface area contributed by atoms with E-state index in [1.807, 2.05) is 0 Å². The molecule has 7 heteroatoms. The molecule has 1 aromatic heterocycles. The molecule has 134 valence electrons. The lowest BCUT2D eigenvalue weighted by Gasteiger charge is -2.28. The predicted octanol–water partition coefficient (Wildman–Crippen LogP) is 0.834. The summed E-state index contributed by atoms with van der Waals surface area (Å²) in [7, 11) is 0. The van der Waals surface area contributed by atoms with Crippen molar-refractivity contribution in [2.75, 3.05) is 31.9 Å². The molecule has 0 aliphatic carbocycles. The van der Waals surface area contributed by atoms with E-state index in [9.17, 15) is 9.90 Å². The molecule has 1 aliphatic heterocycles. The average molecular weight is 335 g/mol. The van der Waals surface area contributed by atoms with Crippen LogP contribution < -0.4 is 11.1 Å². The van der Waals surface area contributed by atoms with Crippen molar-refractivity contribution >= 4 is 11.9 Å². The smallest absolute Gasteiger partial charge is 0.270 e. The number of amides is 1. The van der Waals surface area contributed by atoms with Crippen LogP contribution in [0.1, 0.15) is 49.3 Å². The molecule has 7 nitrogen and oxygen atoms in total. The van der Waals surface area contributed by atoms with Crippen LogP contribution in [0, 0.1) is 5.92 Å². The van der Waals surface area contributed by atoms with Crippen LogP contribution in [0.25, 0.3) is 0 Å². The Kier molecular flexibility index (Phi) is 6.93. The predicted molar refractivity (Wildman–Crippen MR) is 93.6 cm³/mol. The number of anilines is 1. The largest absolute Gasteiger partial charge is 0.390 e. The number of carbonyl (C=O) groups excluding carboxylic acids is 1. The third kappa shape index (κ3) is 6.05. The number of nitrogens with two attached hydrogens (primary N) is 1. The second-order valence-corrected chi connectivity index (χ2v) is 6.93. The zero-order valence-electron chi connectivity index (χ0n) is 14.7. The van der Waals surface area contributed by atoms with Gasteiger partial charge in [0.2, 0.25) is 5.95 Å². The summed E-state index contributed by atoms with van der Waals surface area (Å²) in [4.78, 5) is 22.6. The lowest BCUT2D eigenvalue weighted by atomic mass is 10.1. The lowest BCUT2D eigenvalue weighted by molar-refractivity contribution is 0.0827. The highest BCUT2D eigenvalue weighted by Crippen LogP contribution is 2.10. The van der Waals surface area contributed by atoms with Gasteiger partial charge in [0.15, 0.2) is 0 Å². The number of piperidine rings is 1. The Hall–Kier alpha value is -1.73. The van der Waals surface area contributed by atoms with Crippen LogP contribution in [-0.4, -0.2) is 58.2 Å². The topological polar surface area (TPSA) is 104 Å². The minimum Gasteiger partial charge on any atom is -0.390 e. The first-order chi connectivity index (χ1) is 11.4. The molecule has 2 rings (SSSR count). The fourth-order valence-electron chi connectivity index (χ4n) is 2.96. The molecule has 4 N–H and O–H groups in total. The fourth-order valence-corrected chi connectivity index (χ4v) is 2.96. The summed E-state index contributed by atoms with van der Waals surface area (Å²) in [5, 5.41) is 12.8. The Morgan fingerprint density at radius 1 is 1.33 bits per heavy atom. The van der Waals surface area contributed by atoms with E-state index >= 15 is 0 Å². The van der Waals surface area contributed by atoms with E-state index in [1.165, 1.54) is 19.3 Å². The van der Waals surface area contributed by atoms with Crippen LogP contribution in [-0.2, 0) is 6.42 Å². The Morgan fingerprint density at radius 2 is 2.04 bits per heavy atom. The summed E-state index contributed by atoms with van der Waals surface area (Å²) >= 11 is 0. The summed E-state index contributed by atoms with van der Waals surface area (Å²) in [5.41, 5.74) is 6.71. The molecule has 1 unspecified atom stereocenters. The van der Waals surface area contributed by atoms with Gasteiger partial charge < -0.3 is 21.1 Å². The van der Waals surface area contributed by atoms with Crippen molar-refractivity contribution < 1.29 is 9.90 Å². The lowest BCUT2D eigenvalue weighted by Crippen LogP contribution is -2.42. The normalized spacial score (nSPS) is 17.0. The molecule has 1 saturated heterocycles. The fraction of sp³-hybridized carbons (Fsp3) is 0.706. The van der Waals surface area contributed by atoms with Crippen molar-refractivity contribution in [2.24, 2.45) is 5.92 Å². The first kappa shape index (κ1) is 18.6. The minimum absolute atomic E-state index is 0.104. The Bertz CT molecular complexity index is 544. The van der Waals surface area contributed by atoms with Gasteiger partial charge in [-0.2, -0.15) is 0 Å². The van der Waals surface area contributed by atoms with Crippen LogP contribution in [0.15, 0.2) is 6.07 Å². The van der Waals surface area contributed by atoms with Crippen LogP contribution in [0.4, 0.5) is 5.95 Å². The maximum atomic E-state index is 12.2. The molecule has 1 aromatic rings. The molecular formula is C17H29N5O2. The second kappa shape index (κ2) is 8.94. The van der Waals surface area contributed by atoms with E-state index < -0.39 is 6.10 Å². The van der Waals surface area contributed by atoms with Crippen LogP contribution in [0.5, 0.6) is 0 Å². The van der Waals surface area contributed by atoms with Gasteiger partial charge in [-0.05, 0) is 44.3 Å². The van der Waals surface area contributed by atoms with Crippen molar-refractivity contribution in [2.45, 2.75) is 45.6 Å². The first-order valence-corrected chi connectivity index (χ1v) is 8.76. The summed E-state index contributed by atoms with van der Waals surface area (Å²) in [6.07, 6.45) is 3.78. The van der Waals surface area contributed by atoms with Gasteiger partial charge in [0.05, 0.1) is 6.10 Å². The molecule has 24 heavy (non-hydrogen) atoms. The van der Waals surface area contributed by atoms with Crippen LogP contribution in [0.3, 0.4) is 0 Å². The van der Waals surface area contributed by atoms with Gasteiger partial charge in [0.1, 0.15) is 5.69 Å². The number of aromatic nitrogens is 2. The van der Waals surface area contributed by atoms with Crippen molar-refractivity contribution in [3.05, 3.63) is 17.5 Å². The maximum absolute atomic E-state index is 12.2. The SMILES string of the molecule is CC(C)Cc1cc(C(=O)NCC(O)CN2CCCCC2)nc(N)n1. The molecule has 0 saturated carbocycles. The third-order valence-electron chi connectivity index (χ3n) is 4.06. The highest BCUT2D eigenvalue weighted by Gasteiger charge is 2.17. The monoisotopic (exact) mass is 335 g/mol. The molecule has 1 aliphatic rings. The summed E-state index contributed by atoms with van der Waals surface area (Å²) in [6.45, 7) is 6.99. The third-order valence-corrected chi connectivity index (χ3v) is 4.06. The maximum Gasteiger partial charge on any atom is 0.270 e. The molecule has 0 bridgehead atoms. The van der Waals surface area contributed by atoms with Crippen LogP contribution >= 0.6 is 0 Å². The van der Waals surface area contributed by atoms with Gasteiger partial charge in [-0.3, -0.25) is 4.79 Å². The highest BCUT2D eigenvalue weighted by atomic mass is 16.3. The number of likely N-dealkylation sites (tertiary alicyclic amines) is 1. The van der Waals surface area contributed by atoms with Gasteiger partial charge in [0, 0.05) is 18.8 Å². The molecule has 1 fully saturated rings. The van der Waals surface area contributed by atoms with Crippen LogP contribution in [0.2, 0.25) is 0 Å². The van der Waals surface area contributed by atoms with Gasteiger partial charge >= 0.3 is 0 Å². The number of aliphatic hydroxyl groups excluding tert-OH is 1. The molecule has 1 atom stereocenters. The standard InChI is InChI=1S/C17H29N5O2/c1-12(2)8-13-9-15(21-17(18)20-13)16(24)19-10-14(23)11-22-6-4-3-5-7-22/h9,12,14,23H,3-8,10-11H2,1-2H3,(H,19,24)(H2,18,20,21). The Balaban J connectivity index is 1.86. The van der Waals surface area contributed by atoms with Gasteiger partial charge in [-0.1, -0.05) is 20.3 Å². The number of rotatable bonds is 7. The van der Waals surface area contributed by atoms with E-state index in [1.54, 1.807) is 6.07 Å². The van der Waals surface area contributed by atoms with Crippen molar-refractivity contribution in [3.63, 3.8) is 0 Å². The number of hydrogen-bond acceptors (Lipinski definition) is 6. The van der Waals surface area contributed by atoms with Gasteiger partial charge in [-0.25, -0.2) is 9.97 Å². The summed E-state index contributed by atoms with van der Waals surface area (Å²) in [5.74, 6) is 0.195. The van der Waals surface area contributed by atoms with E-state index in [4.69, 9.17) is 5.73 Å². The number of aliphatic hydroxyl groups is 1. The molecular weight excluding hydrogens is 306 g/mol. The van der Waals surface area contributed by atoms with E-state index in [2.05, 4.69) is 34.0 Å². The molecule has 1 amide bonds. The zero-order chi connectivity index (χ0) is 17.5.